The standard InChI is InChI=1S/C16H24FNO2/c1-3-5-10-18(11-6-4-2)12-13-8-7-9-14(15(13)17)16(19)20/h7-9H,3-6,10-12H2,1-2H3,(H,19,20). The molecule has 0 amide bonds. The van der Waals surface area contributed by atoms with Gasteiger partial charge < -0.3 is 5.11 Å². The summed E-state index contributed by atoms with van der Waals surface area (Å²) in [6.07, 6.45) is 4.34. The minimum Gasteiger partial charge on any atom is -0.478 e. The van der Waals surface area contributed by atoms with Crippen LogP contribution < -0.4 is 0 Å². The lowest BCUT2D eigenvalue weighted by Gasteiger charge is -2.22. The molecular formula is C16H24FNO2. The largest absolute Gasteiger partial charge is 0.478 e. The number of carboxylic acids is 1. The van der Waals surface area contributed by atoms with E-state index in [0.717, 1.165) is 38.8 Å². The molecular weight excluding hydrogens is 257 g/mol. The van der Waals surface area contributed by atoms with E-state index >= 15 is 0 Å². The molecule has 0 heterocycles. The highest BCUT2D eigenvalue weighted by atomic mass is 19.1. The van der Waals surface area contributed by atoms with Gasteiger partial charge in [0.05, 0.1) is 5.56 Å². The van der Waals surface area contributed by atoms with Crippen LogP contribution >= 0.6 is 0 Å². The van der Waals surface area contributed by atoms with E-state index < -0.39 is 11.8 Å². The van der Waals surface area contributed by atoms with Crippen LogP contribution in [0.15, 0.2) is 18.2 Å². The van der Waals surface area contributed by atoms with Gasteiger partial charge in [0.15, 0.2) is 0 Å². The van der Waals surface area contributed by atoms with Crippen LogP contribution in [-0.2, 0) is 6.54 Å². The number of halogens is 1. The zero-order valence-electron chi connectivity index (χ0n) is 12.4. The van der Waals surface area contributed by atoms with E-state index in [9.17, 15) is 9.18 Å². The van der Waals surface area contributed by atoms with Gasteiger partial charge in [0.1, 0.15) is 5.82 Å². The zero-order chi connectivity index (χ0) is 15.0. The monoisotopic (exact) mass is 281 g/mol. The van der Waals surface area contributed by atoms with E-state index in [1.807, 2.05) is 0 Å². The first-order chi connectivity index (χ1) is 9.60. The summed E-state index contributed by atoms with van der Waals surface area (Å²) in [5.41, 5.74) is 0.227. The number of benzene rings is 1. The van der Waals surface area contributed by atoms with Gasteiger partial charge in [-0.05, 0) is 32.0 Å². The Labute approximate surface area is 120 Å². The predicted molar refractivity (Wildman–Crippen MR) is 78.5 cm³/mol. The molecule has 0 atom stereocenters. The molecule has 0 spiro atoms. The molecule has 4 heteroatoms. The summed E-state index contributed by atoms with van der Waals surface area (Å²) in [4.78, 5) is 13.2. The molecule has 0 unspecified atom stereocenters. The molecule has 0 aliphatic heterocycles. The average Bonchev–Trinajstić information content (AvgIpc) is 2.43. The predicted octanol–water partition coefficient (Wildman–Crippen LogP) is 3.93. The third-order valence-corrected chi connectivity index (χ3v) is 3.36. The molecule has 0 aliphatic rings. The average molecular weight is 281 g/mol. The van der Waals surface area contributed by atoms with Crippen molar-refractivity contribution in [3.8, 4) is 0 Å². The van der Waals surface area contributed by atoms with Gasteiger partial charge in [0.2, 0.25) is 0 Å². The number of hydrogen-bond acceptors (Lipinski definition) is 2. The normalized spacial score (nSPS) is 11.0. The molecule has 0 radical (unpaired) electrons. The summed E-state index contributed by atoms with van der Waals surface area (Å²) in [5, 5.41) is 8.95. The van der Waals surface area contributed by atoms with Crippen LogP contribution in [0.3, 0.4) is 0 Å². The van der Waals surface area contributed by atoms with Crippen LogP contribution in [0.25, 0.3) is 0 Å². The Bertz CT molecular complexity index is 426. The van der Waals surface area contributed by atoms with Gasteiger partial charge in [-0.15, -0.1) is 0 Å². The van der Waals surface area contributed by atoms with Crippen molar-refractivity contribution in [2.45, 2.75) is 46.1 Å². The smallest absolute Gasteiger partial charge is 0.338 e. The lowest BCUT2D eigenvalue weighted by Crippen LogP contribution is -2.26. The van der Waals surface area contributed by atoms with E-state index in [4.69, 9.17) is 5.11 Å². The first-order valence-electron chi connectivity index (χ1n) is 7.33. The zero-order valence-corrected chi connectivity index (χ0v) is 12.4. The molecule has 0 bridgehead atoms. The third-order valence-electron chi connectivity index (χ3n) is 3.36. The van der Waals surface area contributed by atoms with Crippen molar-refractivity contribution in [1.29, 1.82) is 0 Å². The van der Waals surface area contributed by atoms with Crippen LogP contribution in [0.1, 0.15) is 55.5 Å². The number of carboxylic acid groups (broad SMARTS) is 1. The Morgan fingerprint density at radius 1 is 1.20 bits per heavy atom. The maximum Gasteiger partial charge on any atom is 0.338 e. The van der Waals surface area contributed by atoms with Crippen LogP contribution in [0.4, 0.5) is 4.39 Å². The van der Waals surface area contributed by atoms with E-state index in [-0.39, 0.29) is 5.56 Å². The molecule has 0 aromatic heterocycles. The summed E-state index contributed by atoms with van der Waals surface area (Å²) >= 11 is 0. The molecule has 0 aliphatic carbocycles. The van der Waals surface area contributed by atoms with Gasteiger partial charge >= 0.3 is 5.97 Å². The van der Waals surface area contributed by atoms with Crippen molar-refractivity contribution in [2.24, 2.45) is 0 Å². The Hall–Kier alpha value is -1.42. The molecule has 20 heavy (non-hydrogen) atoms. The summed E-state index contributed by atoms with van der Waals surface area (Å²) in [6, 6.07) is 4.59. The van der Waals surface area contributed by atoms with Gasteiger partial charge in [0.25, 0.3) is 0 Å². The van der Waals surface area contributed by atoms with Gasteiger partial charge in [-0.3, -0.25) is 4.90 Å². The van der Waals surface area contributed by atoms with Gasteiger partial charge in [-0.25, -0.2) is 9.18 Å². The summed E-state index contributed by atoms with van der Waals surface area (Å²) in [6.45, 7) is 6.58. The van der Waals surface area contributed by atoms with Crippen molar-refractivity contribution in [2.75, 3.05) is 13.1 Å². The minimum absolute atomic E-state index is 0.242. The van der Waals surface area contributed by atoms with Crippen molar-refractivity contribution < 1.29 is 14.3 Å². The van der Waals surface area contributed by atoms with Crippen LogP contribution in [0.5, 0.6) is 0 Å². The number of aromatic carboxylic acids is 1. The highest BCUT2D eigenvalue weighted by molar-refractivity contribution is 5.88. The van der Waals surface area contributed by atoms with Crippen molar-refractivity contribution in [3.63, 3.8) is 0 Å². The van der Waals surface area contributed by atoms with E-state index in [2.05, 4.69) is 18.7 Å². The topological polar surface area (TPSA) is 40.5 Å². The molecule has 1 N–H and O–H groups in total. The fourth-order valence-electron chi connectivity index (χ4n) is 2.14. The second-order valence-electron chi connectivity index (χ2n) is 5.07. The number of carbonyl (C=O) groups is 1. The molecule has 0 fully saturated rings. The summed E-state index contributed by atoms with van der Waals surface area (Å²) in [5.74, 6) is -1.81. The lowest BCUT2D eigenvalue weighted by molar-refractivity contribution is 0.0691. The summed E-state index contributed by atoms with van der Waals surface area (Å²) in [7, 11) is 0. The molecule has 112 valence electrons. The SMILES string of the molecule is CCCCN(CCCC)Cc1cccc(C(=O)O)c1F. The Balaban J connectivity index is 2.81. The number of hydrogen-bond donors (Lipinski definition) is 1. The van der Waals surface area contributed by atoms with Crippen LogP contribution in [0, 0.1) is 5.82 Å². The maximum absolute atomic E-state index is 14.1. The summed E-state index contributed by atoms with van der Waals surface area (Å²) < 4.78 is 14.1. The Morgan fingerprint density at radius 2 is 1.80 bits per heavy atom. The Morgan fingerprint density at radius 3 is 2.30 bits per heavy atom. The number of unbranched alkanes of at least 4 members (excludes halogenated alkanes) is 2. The highest BCUT2D eigenvalue weighted by Crippen LogP contribution is 2.16. The molecule has 1 aromatic carbocycles. The second-order valence-corrected chi connectivity index (χ2v) is 5.07. The van der Waals surface area contributed by atoms with Crippen molar-refractivity contribution in [3.05, 3.63) is 35.1 Å². The molecule has 1 rings (SSSR count). The first-order valence-corrected chi connectivity index (χ1v) is 7.33. The molecule has 1 aromatic rings. The quantitative estimate of drug-likeness (QED) is 0.745. The lowest BCUT2D eigenvalue weighted by atomic mass is 10.1. The number of nitrogens with zero attached hydrogens (tertiary/aromatic N) is 1. The highest BCUT2D eigenvalue weighted by Gasteiger charge is 2.15. The molecule has 0 saturated heterocycles. The Kier molecular flexibility index (Phi) is 7.23. The molecule has 0 saturated carbocycles. The van der Waals surface area contributed by atoms with Crippen LogP contribution in [0.2, 0.25) is 0 Å². The molecule has 3 nitrogen and oxygen atoms in total. The van der Waals surface area contributed by atoms with E-state index in [0.29, 0.717) is 12.1 Å². The second kappa shape index (κ2) is 8.69. The van der Waals surface area contributed by atoms with Crippen molar-refractivity contribution in [1.82, 2.24) is 4.90 Å². The number of rotatable bonds is 9. The maximum atomic E-state index is 14.1. The van der Waals surface area contributed by atoms with E-state index in [1.54, 1.807) is 12.1 Å². The van der Waals surface area contributed by atoms with Gasteiger partial charge in [0, 0.05) is 12.1 Å². The fourth-order valence-corrected chi connectivity index (χ4v) is 2.14. The van der Waals surface area contributed by atoms with Crippen LogP contribution in [-0.4, -0.2) is 29.1 Å². The van der Waals surface area contributed by atoms with Crippen molar-refractivity contribution >= 4 is 5.97 Å². The fraction of sp³-hybridized carbons (Fsp3) is 0.562. The van der Waals surface area contributed by atoms with Gasteiger partial charge in [-0.1, -0.05) is 38.8 Å². The third kappa shape index (κ3) is 4.93. The van der Waals surface area contributed by atoms with E-state index in [1.165, 1.54) is 6.07 Å². The van der Waals surface area contributed by atoms with Gasteiger partial charge in [-0.2, -0.15) is 0 Å². The minimum atomic E-state index is -1.21. The first kappa shape index (κ1) is 16.6.